The number of piperidine rings is 1. The Morgan fingerprint density at radius 3 is 2.88 bits per heavy atom. The van der Waals surface area contributed by atoms with Crippen molar-refractivity contribution in [1.29, 1.82) is 0 Å². The number of carbonyl (C=O) groups is 2. The monoisotopic (exact) mass is 345 g/mol. The topological polar surface area (TPSA) is 71.5 Å². The van der Waals surface area contributed by atoms with Crippen LogP contribution in [0.15, 0.2) is 36.5 Å². The zero-order valence-corrected chi connectivity index (χ0v) is 14.2. The number of thiazole rings is 1. The molecule has 0 saturated carbocycles. The highest BCUT2D eigenvalue weighted by Gasteiger charge is 2.29. The zero-order valence-electron chi connectivity index (χ0n) is 13.4. The van der Waals surface area contributed by atoms with Crippen LogP contribution >= 0.6 is 11.3 Å². The van der Waals surface area contributed by atoms with E-state index in [4.69, 9.17) is 4.74 Å². The van der Waals surface area contributed by atoms with Crippen molar-refractivity contribution in [3.63, 3.8) is 0 Å². The van der Waals surface area contributed by atoms with Crippen molar-refractivity contribution < 1.29 is 14.3 Å². The number of benzene rings is 1. The average molecular weight is 345 g/mol. The third-order valence-electron chi connectivity index (χ3n) is 4.02. The second-order valence-corrected chi connectivity index (χ2v) is 6.66. The van der Waals surface area contributed by atoms with Gasteiger partial charge in [0.2, 0.25) is 0 Å². The normalized spacial score (nSPS) is 17.4. The Labute approximate surface area is 144 Å². The summed E-state index contributed by atoms with van der Waals surface area (Å²) in [6, 6.07) is 9.68. The summed E-state index contributed by atoms with van der Waals surface area (Å²) in [6.45, 7) is 1.02. The van der Waals surface area contributed by atoms with Crippen molar-refractivity contribution >= 4 is 28.5 Å². The molecule has 6 nitrogen and oxygen atoms in total. The van der Waals surface area contributed by atoms with Gasteiger partial charge in [0.25, 0.3) is 0 Å². The number of esters is 1. The molecule has 2 amide bonds. The number of hydrogen-bond acceptors (Lipinski definition) is 5. The van der Waals surface area contributed by atoms with Crippen LogP contribution in [0.25, 0.3) is 10.4 Å². The lowest BCUT2D eigenvalue weighted by atomic mass is 9.98. The van der Waals surface area contributed by atoms with Crippen molar-refractivity contribution in [3.8, 4) is 10.4 Å². The first-order valence-electron chi connectivity index (χ1n) is 7.82. The Hall–Kier alpha value is -2.41. The Morgan fingerprint density at radius 1 is 1.33 bits per heavy atom. The van der Waals surface area contributed by atoms with E-state index in [1.165, 1.54) is 18.4 Å². The van der Waals surface area contributed by atoms with E-state index in [0.717, 1.165) is 23.3 Å². The fourth-order valence-corrected chi connectivity index (χ4v) is 3.57. The Balaban J connectivity index is 1.63. The van der Waals surface area contributed by atoms with Crippen molar-refractivity contribution in [2.45, 2.75) is 12.8 Å². The number of urea groups is 1. The number of aromatic nitrogens is 1. The fourth-order valence-electron chi connectivity index (χ4n) is 2.76. The number of methoxy groups -OCH3 is 1. The number of anilines is 1. The van der Waals surface area contributed by atoms with Crippen LogP contribution in [0.5, 0.6) is 0 Å². The standard InChI is InChI=1S/C17H19N3O3S/c1-23-15(21)13-8-5-9-20(11-13)17(22)19-16-18-10-14(24-16)12-6-3-2-4-7-12/h2-4,6-7,10,13H,5,8-9,11H2,1H3,(H,18,19,22). The molecule has 0 aliphatic carbocycles. The molecule has 0 radical (unpaired) electrons. The number of ether oxygens (including phenoxy) is 1. The second kappa shape index (κ2) is 7.44. The number of nitrogens with one attached hydrogen (secondary N) is 1. The Kier molecular flexibility index (Phi) is 5.10. The molecule has 1 atom stereocenters. The maximum Gasteiger partial charge on any atom is 0.323 e. The summed E-state index contributed by atoms with van der Waals surface area (Å²) in [5.41, 5.74) is 1.07. The van der Waals surface area contributed by atoms with Crippen molar-refractivity contribution in [2.24, 2.45) is 5.92 Å². The molecule has 1 saturated heterocycles. The van der Waals surface area contributed by atoms with Gasteiger partial charge in [-0.25, -0.2) is 9.78 Å². The number of amides is 2. The third-order valence-corrected chi connectivity index (χ3v) is 4.98. The molecule has 7 heteroatoms. The number of likely N-dealkylation sites (tertiary alicyclic amines) is 1. The van der Waals surface area contributed by atoms with Gasteiger partial charge in [-0.1, -0.05) is 41.7 Å². The van der Waals surface area contributed by atoms with E-state index >= 15 is 0 Å². The van der Waals surface area contributed by atoms with Crippen LogP contribution in [0.4, 0.5) is 9.93 Å². The molecule has 1 N–H and O–H groups in total. The van der Waals surface area contributed by atoms with E-state index in [9.17, 15) is 9.59 Å². The SMILES string of the molecule is COC(=O)C1CCCN(C(=O)Nc2ncc(-c3ccccc3)s2)C1. The molecule has 24 heavy (non-hydrogen) atoms. The van der Waals surface area contributed by atoms with Gasteiger partial charge in [0.15, 0.2) is 5.13 Å². The number of nitrogens with zero attached hydrogens (tertiary/aromatic N) is 2. The predicted molar refractivity (Wildman–Crippen MR) is 92.9 cm³/mol. The van der Waals surface area contributed by atoms with Crippen molar-refractivity contribution in [2.75, 3.05) is 25.5 Å². The molecule has 1 aromatic heterocycles. The smallest absolute Gasteiger partial charge is 0.323 e. The summed E-state index contributed by atoms with van der Waals surface area (Å²) >= 11 is 1.43. The van der Waals surface area contributed by atoms with Crippen LogP contribution in [0.3, 0.4) is 0 Å². The largest absolute Gasteiger partial charge is 0.469 e. The Bertz CT molecular complexity index is 717. The molecule has 0 bridgehead atoms. The summed E-state index contributed by atoms with van der Waals surface area (Å²) in [4.78, 5) is 31.0. The molecule has 2 heterocycles. The van der Waals surface area contributed by atoms with Gasteiger partial charge >= 0.3 is 12.0 Å². The van der Waals surface area contributed by atoms with E-state index in [0.29, 0.717) is 18.2 Å². The minimum Gasteiger partial charge on any atom is -0.469 e. The first kappa shape index (κ1) is 16.4. The maximum absolute atomic E-state index is 12.4. The lowest BCUT2D eigenvalue weighted by Gasteiger charge is -2.30. The quantitative estimate of drug-likeness (QED) is 0.867. The molecule has 1 fully saturated rings. The summed E-state index contributed by atoms with van der Waals surface area (Å²) < 4.78 is 4.78. The van der Waals surface area contributed by atoms with Gasteiger partial charge < -0.3 is 9.64 Å². The van der Waals surface area contributed by atoms with Gasteiger partial charge in [-0.05, 0) is 18.4 Å². The molecular formula is C17H19N3O3S. The minimum absolute atomic E-state index is 0.224. The molecule has 2 aromatic rings. The minimum atomic E-state index is -0.256. The molecule has 1 aliphatic rings. The lowest BCUT2D eigenvalue weighted by molar-refractivity contribution is -0.146. The van der Waals surface area contributed by atoms with Crippen LogP contribution in [-0.2, 0) is 9.53 Å². The summed E-state index contributed by atoms with van der Waals surface area (Å²) in [5, 5.41) is 3.38. The first-order chi connectivity index (χ1) is 11.7. The maximum atomic E-state index is 12.4. The van der Waals surface area contributed by atoms with E-state index < -0.39 is 0 Å². The van der Waals surface area contributed by atoms with E-state index in [-0.39, 0.29) is 17.9 Å². The van der Waals surface area contributed by atoms with Crippen LogP contribution in [0.1, 0.15) is 12.8 Å². The van der Waals surface area contributed by atoms with Crippen LogP contribution in [-0.4, -0.2) is 42.1 Å². The molecule has 126 valence electrons. The van der Waals surface area contributed by atoms with E-state index in [1.807, 2.05) is 30.3 Å². The highest BCUT2D eigenvalue weighted by Crippen LogP contribution is 2.29. The number of rotatable bonds is 3. The van der Waals surface area contributed by atoms with Crippen molar-refractivity contribution in [1.82, 2.24) is 9.88 Å². The van der Waals surface area contributed by atoms with Gasteiger partial charge in [-0.15, -0.1) is 0 Å². The van der Waals surface area contributed by atoms with E-state index in [1.54, 1.807) is 11.1 Å². The highest BCUT2D eigenvalue weighted by molar-refractivity contribution is 7.19. The van der Waals surface area contributed by atoms with Gasteiger partial charge in [0.05, 0.1) is 17.9 Å². The van der Waals surface area contributed by atoms with Crippen LogP contribution in [0, 0.1) is 5.92 Å². The van der Waals surface area contributed by atoms with E-state index in [2.05, 4.69) is 10.3 Å². The summed E-state index contributed by atoms with van der Waals surface area (Å²) in [7, 11) is 1.38. The highest BCUT2D eigenvalue weighted by atomic mass is 32.1. The second-order valence-electron chi connectivity index (χ2n) is 5.63. The molecule has 1 unspecified atom stereocenters. The zero-order chi connectivity index (χ0) is 16.9. The number of hydrogen-bond donors (Lipinski definition) is 1. The fraction of sp³-hybridized carbons (Fsp3) is 0.353. The average Bonchev–Trinajstić information content (AvgIpc) is 3.10. The lowest BCUT2D eigenvalue weighted by Crippen LogP contribution is -2.44. The van der Waals surface area contributed by atoms with Crippen LogP contribution in [0.2, 0.25) is 0 Å². The molecule has 3 rings (SSSR count). The third kappa shape index (κ3) is 3.73. The summed E-state index contributed by atoms with van der Waals surface area (Å²) in [5.74, 6) is -0.501. The summed E-state index contributed by atoms with van der Waals surface area (Å²) in [6.07, 6.45) is 3.30. The predicted octanol–water partition coefficient (Wildman–Crippen LogP) is 3.23. The molecule has 1 aliphatic heterocycles. The molecule has 0 spiro atoms. The van der Waals surface area contributed by atoms with Gasteiger partial charge in [-0.3, -0.25) is 10.1 Å². The van der Waals surface area contributed by atoms with Gasteiger partial charge in [-0.2, -0.15) is 0 Å². The van der Waals surface area contributed by atoms with Gasteiger partial charge in [0, 0.05) is 19.3 Å². The molecule has 1 aromatic carbocycles. The molecular weight excluding hydrogens is 326 g/mol. The Morgan fingerprint density at radius 2 is 2.12 bits per heavy atom. The van der Waals surface area contributed by atoms with Crippen LogP contribution < -0.4 is 5.32 Å². The number of carbonyl (C=O) groups excluding carboxylic acids is 2. The van der Waals surface area contributed by atoms with Gasteiger partial charge in [0.1, 0.15) is 0 Å². The van der Waals surface area contributed by atoms with Crippen molar-refractivity contribution in [3.05, 3.63) is 36.5 Å². The first-order valence-corrected chi connectivity index (χ1v) is 8.64.